The van der Waals surface area contributed by atoms with E-state index in [0.717, 1.165) is 55.0 Å². The van der Waals surface area contributed by atoms with E-state index in [4.69, 9.17) is 33.7 Å². The largest absolute Gasteiger partial charge is 0.384 e. The van der Waals surface area contributed by atoms with Crippen molar-refractivity contribution in [1.82, 2.24) is 10.6 Å². The number of unbranched alkanes of at least 4 members (excludes halogenated alkanes) is 1. The lowest BCUT2D eigenvalue weighted by atomic mass is 9.87. The number of hydrogen-bond acceptors (Lipinski definition) is 5. The second-order valence-electron chi connectivity index (χ2n) is 8.90. The van der Waals surface area contributed by atoms with Crippen LogP contribution in [-0.2, 0) is 4.79 Å². The zero-order chi connectivity index (χ0) is 23.6. The highest BCUT2D eigenvalue weighted by molar-refractivity contribution is 6.18. The van der Waals surface area contributed by atoms with Crippen LogP contribution >= 0.6 is 23.2 Å². The summed E-state index contributed by atoms with van der Waals surface area (Å²) >= 11 is 11.3. The lowest BCUT2D eigenvalue weighted by Crippen LogP contribution is -2.23. The van der Waals surface area contributed by atoms with Crippen molar-refractivity contribution < 1.29 is 4.79 Å². The summed E-state index contributed by atoms with van der Waals surface area (Å²) in [5, 5.41) is 24.6. The Hall–Kier alpha value is -2.05. The predicted octanol–water partition coefficient (Wildman–Crippen LogP) is 4.91. The lowest BCUT2D eigenvalue weighted by molar-refractivity contribution is -0.121. The van der Waals surface area contributed by atoms with E-state index in [9.17, 15) is 4.79 Å². The summed E-state index contributed by atoms with van der Waals surface area (Å²) in [5.74, 6) is 1.95. The van der Waals surface area contributed by atoms with Gasteiger partial charge in [0.2, 0.25) is 0 Å². The van der Waals surface area contributed by atoms with E-state index >= 15 is 0 Å². The molecule has 5 nitrogen and oxygen atoms in total. The SMILES string of the molecule is N#CC1=CCC2NCC(CCCCCl)C2=C1.N#CC1C=C2C(=CC1)NCC2C(=O)CCCCl. The highest BCUT2D eigenvalue weighted by atomic mass is 35.5. The molecule has 0 spiro atoms. The van der Waals surface area contributed by atoms with Crippen molar-refractivity contribution in [3.05, 3.63) is 46.7 Å². The zero-order valence-corrected chi connectivity index (χ0v) is 20.5. The molecule has 0 aromatic heterocycles. The molecule has 0 radical (unpaired) electrons. The van der Waals surface area contributed by atoms with Gasteiger partial charge in [0.25, 0.3) is 0 Å². The van der Waals surface area contributed by atoms with Crippen LogP contribution in [0.4, 0.5) is 0 Å². The number of rotatable bonds is 8. The standard InChI is InChI=1S/C13H15ClN2O.C13H17ClN2/c14-5-1-2-13(17)11-8-16-12-4-3-9(7-15)6-10(11)12;14-6-2-1-3-11-9-16-13-5-4-10(8-15)7-12(11)13/h4,6,9,11,16H,1-3,5,8H2;4,7,11,13,16H,1-3,5-6,9H2. The van der Waals surface area contributed by atoms with Gasteiger partial charge in [-0.25, -0.2) is 0 Å². The molecule has 0 amide bonds. The van der Waals surface area contributed by atoms with Gasteiger partial charge in [0, 0.05) is 48.6 Å². The summed E-state index contributed by atoms with van der Waals surface area (Å²) in [7, 11) is 0. The number of nitriles is 2. The van der Waals surface area contributed by atoms with Crippen molar-refractivity contribution in [1.29, 1.82) is 10.5 Å². The van der Waals surface area contributed by atoms with Gasteiger partial charge in [0.15, 0.2) is 0 Å². The molecule has 0 saturated carbocycles. The van der Waals surface area contributed by atoms with Crippen LogP contribution in [0.3, 0.4) is 0 Å². The molecule has 0 bridgehead atoms. The quantitative estimate of drug-likeness (QED) is 0.375. The number of alkyl halides is 2. The molecule has 0 aromatic carbocycles. The van der Waals surface area contributed by atoms with Crippen LogP contribution in [0.5, 0.6) is 0 Å². The Labute approximate surface area is 207 Å². The van der Waals surface area contributed by atoms with E-state index in [2.05, 4.69) is 28.8 Å². The fraction of sp³-hybridized carbons (Fsp3) is 0.577. The molecular weight excluding hydrogens is 455 g/mol. The average Bonchev–Trinajstić information content (AvgIpc) is 3.46. The second kappa shape index (κ2) is 13.0. The van der Waals surface area contributed by atoms with E-state index in [1.54, 1.807) is 0 Å². The van der Waals surface area contributed by atoms with Crippen LogP contribution in [0.15, 0.2) is 46.7 Å². The number of Topliss-reactive ketones (excluding diaryl/α,β-unsaturated/α-hetero) is 1. The minimum atomic E-state index is -0.0861. The van der Waals surface area contributed by atoms with Crippen LogP contribution in [0.2, 0.25) is 0 Å². The van der Waals surface area contributed by atoms with Crippen molar-refractivity contribution in [3.8, 4) is 12.1 Å². The summed E-state index contributed by atoms with van der Waals surface area (Å²) < 4.78 is 0. The van der Waals surface area contributed by atoms with Gasteiger partial charge in [-0.05, 0) is 55.2 Å². The topological polar surface area (TPSA) is 88.7 Å². The molecule has 33 heavy (non-hydrogen) atoms. The number of allylic oxidation sites excluding steroid dienone is 5. The van der Waals surface area contributed by atoms with E-state index in [-0.39, 0.29) is 17.6 Å². The maximum absolute atomic E-state index is 12.0. The lowest BCUT2D eigenvalue weighted by Gasteiger charge is -2.18. The van der Waals surface area contributed by atoms with Crippen LogP contribution in [-0.4, -0.2) is 36.7 Å². The van der Waals surface area contributed by atoms with Gasteiger partial charge >= 0.3 is 0 Å². The number of hydrogen-bond donors (Lipinski definition) is 2. The van der Waals surface area contributed by atoms with Gasteiger partial charge in [0.1, 0.15) is 5.78 Å². The minimum absolute atomic E-state index is 0.0828. The Kier molecular flexibility index (Phi) is 10.1. The van der Waals surface area contributed by atoms with E-state index < -0.39 is 0 Å². The molecule has 4 atom stereocenters. The molecule has 7 heteroatoms. The molecule has 0 aromatic rings. The van der Waals surface area contributed by atoms with Crippen LogP contribution in [0.1, 0.15) is 44.9 Å². The molecule has 176 valence electrons. The molecule has 2 aliphatic heterocycles. The van der Waals surface area contributed by atoms with Gasteiger partial charge < -0.3 is 10.6 Å². The summed E-state index contributed by atoms with van der Waals surface area (Å²) in [5.41, 5.74) is 4.33. The number of carbonyl (C=O) groups excluding carboxylic acids is 1. The minimum Gasteiger partial charge on any atom is -0.384 e. The van der Waals surface area contributed by atoms with Crippen LogP contribution in [0.25, 0.3) is 0 Å². The molecule has 4 unspecified atom stereocenters. The Morgan fingerprint density at radius 1 is 1.09 bits per heavy atom. The fourth-order valence-electron chi connectivity index (χ4n) is 4.89. The third-order valence-corrected chi connectivity index (χ3v) is 7.23. The van der Waals surface area contributed by atoms with Gasteiger partial charge in [-0.2, -0.15) is 10.5 Å². The van der Waals surface area contributed by atoms with Gasteiger partial charge in [0.05, 0.1) is 24.0 Å². The Balaban J connectivity index is 0.000000186. The Bertz CT molecular complexity index is 922. The molecule has 2 N–H and O–H groups in total. The molecule has 2 fully saturated rings. The summed E-state index contributed by atoms with van der Waals surface area (Å²) in [6, 6.07) is 4.96. The molecule has 2 heterocycles. The van der Waals surface area contributed by atoms with E-state index in [1.165, 1.54) is 18.4 Å². The normalized spacial score (nSPS) is 27.2. The van der Waals surface area contributed by atoms with E-state index in [1.807, 2.05) is 18.2 Å². The van der Waals surface area contributed by atoms with Crippen LogP contribution in [0, 0.1) is 40.4 Å². The van der Waals surface area contributed by atoms with Crippen molar-refractivity contribution >= 4 is 29.0 Å². The first-order valence-electron chi connectivity index (χ1n) is 11.9. The van der Waals surface area contributed by atoms with Gasteiger partial charge in [-0.3, -0.25) is 4.79 Å². The number of nitrogens with zero attached hydrogens (tertiary/aromatic N) is 2. The molecule has 4 aliphatic rings. The number of carbonyl (C=O) groups is 1. The van der Waals surface area contributed by atoms with E-state index in [0.29, 0.717) is 30.8 Å². The highest BCUT2D eigenvalue weighted by Crippen LogP contribution is 2.33. The fourth-order valence-corrected chi connectivity index (χ4v) is 5.21. The highest BCUT2D eigenvalue weighted by Gasteiger charge is 2.33. The van der Waals surface area contributed by atoms with Crippen molar-refractivity contribution in [3.63, 3.8) is 0 Å². The number of fused-ring (bicyclic) bond motifs is 2. The molecule has 2 saturated heterocycles. The summed E-state index contributed by atoms with van der Waals surface area (Å²) in [4.78, 5) is 12.0. The smallest absolute Gasteiger partial charge is 0.142 e. The number of nitrogens with one attached hydrogen (secondary N) is 2. The summed E-state index contributed by atoms with van der Waals surface area (Å²) in [6.45, 7) is 1.72. The third kappa shape index (κ3) is 6.73. The monoisotopic (exact) mass is 486 g/mol. The molecular formula is C26H32Cl2N4O. The second-order valence-corrected chi connectivity index (χ2v) is 9.65. The number of ketones is 1. The molecule has 2 aliphatic carbocycles. The number of halogens is 2. The zero-order valence-electron chi connectivity index (χ0n) is 19.0. The maximum Gasteiger partial charge on any atom is 0.142 e. The first-order valence-corrected chi connectivity index (χ1v) is 12.9. The Morgan fingerprint density at radius 2 is 1.91 bits per heavy atom. The Morgan fingerprint density at radius 3 is 2.64 bits per heavy atom. The molecule has 4 rings (SSSR count). The predicted molar refractivity (Wildman–Crippen MR) is 133 cm³/mol. The van der Waals surface area contributed by atoms with Crippen molar-refractivity contribution in [2.24, 2.45) is 17.8 Å². The van der Waals surface area contributed by atoms with Gasteiger partial charge in [-0.15, -0.1) is 23.2 Å². The van der Waals surface area contributed by atoms with Crippen molar-refractivity contribution in [2.45, 2.75) is 51.0 Å². The average molecular weight is 487 g/mol. The van der Waals surface area contributed by atoms with Gasteiger partial charge in [-0.1, -0.05) is 24.6 Å². The summed E-state index contributed by atoms with van der Waals surface area (Å²) in [6.07, 6.45) is 14.5. The first kappa shape index (κ1) is 25.6. The van der Waals surface area contributed by atoms with Crippen molar-refractivity contribution in [2.75, 3.05) is 24.8 Å². The third-order valence-electron chi connectivity index (χ3n) is 6.70. The first-order chi connectivity index (χ1) is 16.1. The maximum atomic E-state index is 12.0. The van der Waals surface area contributed by atoms with Crippen LogP contribution < -0.4 is 10.6 Å².